The highest BCUT2D eigenvalue weighted by molar-refractivity contribution is 5.81. The molecular formula is C20H36O2. The van der Waals surface area contributed by atoms with Gasteiger partial charge >= 0.3 is 5.97 Å². The maximum Gasteiger partial charge on any atom is 0.330 e. The first-order valence-electron chi connectivity index (χ1n) is 9.21. The molecule has 0 aliphatic heterocycles. The molecule has 0 aromatic rings. The number of carbonyl (C=O) groups is 1. The van der Waals surface area contributed by atoms with Gasteiger partial charge in [0.2, 0.25) is 0 Å². The summed E-state index contributed by atoms with van der Waals surface area (Å²) < 4.78 is 4.94. The summed E-state index contributed by atoms with van der Waals surface area (Å²) in [5.41, 5.74) is 0. The molecule has 0 aromatic carbocycles. The van der Waals surface area contributed by atoms with Gasteiger partial charge < -0.3 is 4.74 Å². The van der Waals surface area contributed by atoms with E-state index in [4.69, 9.17) is 4.74 Å². The van der Waals surface area contributed by atoms with Crippen LogP contribution in [0.4, 0.5) is 0 Å². The monoisotopic (exact) mass is 308 g/mol. The lowest BCUT2D eigenvalue weighted by Gasteiger charge is -2.03. The van der Waals surface area contributed by atoms with E-state index >= 15 is 0 Å². The molecule has 128 valence electrons. The molecule has 0 saturated carbocycles. The number of unbranched alkanes of at least 4 members (excludes halogenated alkanes) is 12. The molecule has 0 aliphatic carbocycles. The van der Waals surface area contributed by atoms with Gasteiger partial charge in [-0.25, -0.2) is 4.79 Å². The van der Waals surface area contributed by atoms with Crippen molar-refractivity contribution < 1.29 is 9.53 Å². The molecule has 0 radical (unpaired) electrons. The zero-order valence-corrected chi connectivity index (χ0v) is 14.7. The van der Waals surface area contributed by atoms with Crippen molar-refractivity contribution in [2.24, 2.45) is 0 Å². The van der Waals surface area contributed by atoms with E-state index in [9.17, 15) is 4.79 Å². The molecule has 22 heavy (non-hydrogen) atoms. The van der Waals surface area contributed by atoms with Crippen LogP contribution in [0.25, 0.3) is 0 Å². The Morgan fingerprint density at radius 1 is 0.818 bits per heavy atom. The Morgan fingerprint density at radius 2 is 1.27 bits per heavy atom. The Labute approximate surface area is 138 Å². The van der Waals surface area contributed by atoms with Crippen LogP contribution in [-0.4, -0.2) is 12.6 Å². The molecular weight excluding hydrogens is 272 g/mol. The minimum absolute atomic E-state index is 0.304. The van der Waals surface area contributed by atoms with Crippen LogP contribution in [0.2, 0.25) is 0 Å². The summed E-state index contributed by atoms with van der Waals surface area (Å²) in [6.45, 7) is 6.01. The van der Waals surface area contributed by atoms with Gasteiger partial charge in [0.25, 0.3) is 0 Å². The summed E-state index contributed by atoms with van der Waals surface area (Å²) in [5.74, 6) is -0.304. The number of hydrogen-bond donors (Lipinski definition) is 0. The number of esters is 1. The second-order valence-electron chi connectivity index (χ2n) is 5.97. The Balaban J connectivity index is 3.02. The standard InChI is InChI=1S/C20H36O2/c1-3-5-6-7-8-9-10-11-12-13-14-15-16-17-18-19-22-20(21)4-2/h3-5H,2,6-19H2,1H3/b5-3+. The number of ether oxygens (including phenoxy) is 1. The molecule has 0 heterocycles. The molecule has 0 saturated heterocycles. The SMILES string of the molecule is C=CC(=O)OCCCCCCCCCCCCCC/C=C/C. The van der Waals surface area contributed by atoms with E-state index in [2.05, 4.69) is 25.7 Å². The number of rotatable bonds is 16. The zero-order chi connectivity index (χ0) is 16.3. The number of carbonyl (C=O) groups excluding carboxylic acids is 1. The third kappa shape index (κ3) is 17.0. The second-order valence-corrected chi connectivity index (χ2v) is 5.97. The van der Waals surface area contributed by atoms with Crippen molar-refractivity contribution in [1.29, 1.82) is 0 Å². The predicted molar refractivity (Wildman–Crippen MR) is 96.0 cm³/mol. The molecule has 0 bridgehead atoms. The van der Waals surface area contributed by atoms with Gasteiger partial charge in [-0.2, -0.15) is 0 Å². The van der Waals surface area contributed by atoms with E-state index in [0.717, 1.165) is 12.8 Å². The third-order valence-corrected chi connectivity index (χ3v) is 3.91. The molecule has 0 aromatic heterocycles. The fourth-order valence-electron chi connectivity index (χ4n) is 2.53. The van der Waals surface area contributed by atoms with Crippen LogP contribution < -0.4 is 0 Å². The van der Waals surface area contributed by atoms with Crippen LogP contribution in [0.3, 0.4) is 0 Å². The van der Waals surface area contributed by atoms with E-state index in [1.165, 1.54) is 76.7 Å². The molecule has 0 unspecified atom stereocenters. The van der Waals surface area contributed by atoms with Crippen LogP contribution in [0.15, 0.2) is 24.8 Å². The van der Waals surface area contributed by atoms with Gasteiger partial charge in [-0.15, -0.1) is 0 Å². The van der Waals surface area contributed by atoms with Gasteiger partial charge in [-0.3, -0.25) is 0 Å². The summed E-state index contributed by atoms with van der Waals surface area (Å²) >= 11 is 0. The largest absolute Gasteiger partial charge is 0.463 e. The van der Waals surface area contributed by atoms with Gasteiger partial charge in [0, 0.05) is 6.08 Å². The average molecular weight is 309 g/mol. The molecule has 2 nitrogen and oxygen atoms in total. The maximum absolute atomic E-state index is 10.8. The van der Waals surface area contributed by atoms with E-state index in [1.54, 1.807) is 0 Å². The van der Waals surface area contributed by atoms with Crippen LogP contribution in [0.5, 0.6) is 0 Å². The zero-order valence-electron chi connectivity index (χ0n) is 14.7. The number of hydrogen-bond acceptors (Lipinski definition) is 2. The van der Waals surface area contributed by atoms with Crippen LogP contribution in [-0.2, 0) is 9.53 Å². The smallest absolute Gasteiger partial charge is 0.330 e. The molecule has 0 rings (SSSR count). The quantitative estimate of drug-likeness (QED) is 0.143. The van der Waals surface area contributed by atoms with Crippen LogP contribution in [0.1, 0.15) is 90.4 Å². The van der Waals surface area contributed by atoms with Gasteiger partial charge in [0.1, 0.15) is 0 Å². The molecule has 0 atom stereocenters. The van der Waals surface area contributed by atoms with Crippen molar-refractivity contribution >= 4 is 5.97 Å². The van der Waals surface area contributed by atoms with Crippen LogP contribution >= 0.6 is 0 Å². The highest BCUT2D eigenvalue weighted by Crippen LogP contribution is 2.12. The minimum Gasteiger partial charge on any atom is -0.463 e. The Hall–Kier alpha value is -1.05. The lowest BCUT2D eigenvalue weighted by atomic mass is 10.0. The Kier molecular flexibility index (Phi) is 17.1. The first-order valence-corrected chi connectivity index (χ1v) is 9.21. The molecule has 0 fully saturated rings. The average Bonchev–Trinajstić information content (AvgIpc) is 2.54. The normalized spacial score (nSPS) is 11.0. The molecule has 2 heteroatoms. The van der Waals surface area contributed by atoms with Crippen molar-refractivity contribution in [3.8, 4) is 0 Å². The van der Waals surface area contributed by atoms with Gasteiger partial charge in [-0.1, -0.05) is 82.9 Å². The summed E-state index contributed by atoms with van der Waals surface area (Å²) in [6.07, 6.45) is 22.7. The van der Waals surface area contributed by atoms with E-state index < -0.39 is 0 Å². The van der Waals surface area contributed by atoms with Gasteiger partial charge in [-0.05, 0) is 26.2 Å². The van der Waals surface area contributed by atoms with Crippen LogP contribution in [0, 0.1) is 0 Å². The first-order chi connectivity index (χ1) is 10.8. The molecule has 0 aliphatic rings. The van der Waals surface area contributed by atoms with E-state index in [0.29, 0.717) is 6.61 Å². The van der Waals surface area contributed by atoms with Crippen molar-refractivity contribution in [1.82, 2.24) is 0 Å². The Morgan fingerprint density at radius 3 is 1.73 bits per heavy atom. The van der Waals surface area contributed by atoms with Crippen molar-refractivity contribution in [2.75, 3.05) is 6.61 Å². The van der Waals surface area contributed by atoms with E-state index in [-0.39, 0.29) is 5.97 Å². The summed E-state index contributed by atoms with van der Waals surface area (Å²) in [7, 11) is 0. The van der Waals surface area contributed by atoms with Crippen molar-refractivity contribution in [3.63, 3.8) is 0 Å². The summed E-state index contributed by atoms with van der Waals surface area (Å²) in [5, 5.41) is 0. The lowest BCUT2D eigenvalue weighted by molar-refractivity contribution is -0.137. The fourth-order valence-corrected chi connectivity index (χ4v) is 2.53. The highest BCUT2D eigenvalue weighted by atomic mass is 16.5. The third-order valence-electron chi connectivity index (χ3n) is 3.91. The number of allylic oxidation sites excluding steroid dienone is 2. The first kappa shape index (κ1) is 20.9. The fraction of sp³-hybridized carbons (Fsp3) is 0.750. The highest BCUT2D eigenvalue weighted by Gasteiger charge is 1.96. The maximum atomic E-state index is 10.8. The van der Waals surface area contributed by atoms with Crippen molar-refractivity contribution in [2.45, 2.75) is 90.4 Å². The summed E-state index contributed by atoms with van der Waals surface area (Å²) in [4.78, 5) is 10.8. The lowest BCUT2D eigenvalue weighted by Crippen LogP contribution is -2.01. The van der Waals surface area contributed by atoms with E-state index in [1.807, 2.05) is 0 Å². The molecule has 0 N–H and O–H groups in total. The second kappa shape index (κ2) is 18.0. The predicted octanol–water partition coefficient (Wildman–Crippen LogP) is 6.36. The molecule has 0 amide bonds. The molecule has 0 spiro atoms. The summed E-state index contributed by atoms with van der Waals surface area (Å²) in [6, 6.07) is 0. The van der Waals surface area contributed by atoms with Gasteiger partial charge in [0.15, 0.2) is 0 Å². The van der Waals surface area contributed by atoms with Crippen molar-refractivity contribution in [3.05, 3.63) is 24.8 Å². The Bertz CT molecular complexity index is 281. The van der Waals surface area contributed by atoms with Gasteiger partial charge in [0.05, 0.1) is 6.61 Å². The minimum atomic E-state index is -0.304. The topological polar surface area (TPSA) is 26.3 Å².